The number of nitrogens with zero attached hydrogens (tertiary/aromatic N) is 1. The molecule has 2 rings (SSSR count). The lowest BCUT2D eigenvalue weighted by atomic mass is 10.1. The predicted octanol–water partition coefficient (Wildman–Crippen LogP) is 2.15. The van der Waals surface area contributed by atoms with E-state index in [1.54, 1.807) is 6.20 Å². The lowest BCUT2D eigenvalue weighted by molar-refractivity contribution is -0.149. The monoisotopic (exact) mass is 271 g/mol. The summed E-state index contributed by atoms with van der Waals surface area (Å²) in [6.45, 7) is 0. The number of hydrogen-bond donors (Lipinski definition) is 1. The van der Waals surface area contributed by atoms with E-state index in [-0.39, 0.29) is 6.10 Å². The molecular formula is C10H10BrNO3. The second kappa shape index (κ2) is 4.28. The van der Waals surface area contributed by atoms with Crippen LogP contribution in [0, 0.1) is 0 Å². The van der Waals surface area contributed by atoms with Gasteiger partial charge in [0, 0.05) is 10.7 Å². The standard InChI is InChI=1S/C10H10BrNO3/c11-6-1-2-7(12-5-6)8-3-4-9(15-8)10(13)14/h1-2,5,8-9H,3-4H2,(H,13,14). The SMILES string of the molecule is O=C(O)C1CCC(c2ccc(Br)cn2)O1. The molecule has 1 aliphatic heterocycles. The molecular weight excluding hydrogens is 262 g/mol. The Bertz CT molecular complexity index is 365. The third kappa shape index (κ3) is 2.35. The smallest absolute Gasteiger partial charge is 0.332 e. The van der Waals surface area contributed by atoms with Crippen molar-refractivity contribution in [2.75, 3.05) is 0 Å². The highest BCUT2D eigenvalue weighted by molar-refractivity contribution is 9.10. The molecule has 0 radical (unpaired) electrons. The van der Waals surface area contributed by atoms with E-state index in [0.29, 0.717) is 12.8 Å². The second-order valence-electron chi connectivity index (χ2n) is 3.43. The van der Waals surface area contributed by atoms with Gasteiger partial charge in [-0.15, -0.1) is 0 Å². The summed E-state index contributed by atoms with van der Waals surface area (Å²) in [5.41, 5.74) is 0.793. The third-order valence-corrected chi connectivity index (χ3v) is 2.84. The highest BCUT2D eigenvalue weighted by Crippen LogP contribution is 2.31. The summed E-state index contributed by atoms with van der Waals surface area (Å²) in [4.78, 5) is 14.9. The van der Waals surface area contributed by atoms with Gasteiger partial charge in [0.2, 0.25) is 0 Å². The summed E-state index contributed by atoms with van der Waals surface area (Å²) >= 11 is 3.29. The van der Waals surface area contributed by atoms with E-state index in [1.165, 1.54) is 0 Å². The first-order valence-corrected chi connectivity index (χ1v) is 5.46. The average Bonchev–Trinajstić information content (AvgIpc) is 2.68. The Balaban J connectivity index is 2.07. The lowest BCUT2D eigenvalue weighted by Gasteiger charge is -2.10. The first-order valence-electron chi connectivity index (χ1n) is 4.66. The van der Waals surface area contributed by atoms with Crippen molar-refractivity contribution in [3.05, 3.63) is 28.5 Å². The van der Waals surface area contributed by atoms with E-state index in [1.807, 2.05) is 12.1 Å². The van der Waals surface area contributed by atoms with E-state index in [9.17, 15) is 4.79 Å². The van der Waals surface area contributed by atoms with Crippen LogP contribution in [0.3, 0.4) is 0 Å². The number of ether oxygens (including phenoxy) is 1. The van der Waals surface area contributed by atoms with E-state index in [0.717, 1.165) is 10.2 Å². The number of halogens is 1. The minimum absolute atomic E-state index is 0.181. The molecule has 1 fully saturated rings. The number of carboxylic acid groups (broad SMARTS) is 1. The molecule has 1 saturated heterocycles. The van der Waals surface area contributed by atoms with Gasteiger partial charge >= 0.3 is 5.97 Å². The van der Waals surface area contributed by atoms with Crippen LogP contribution >= 0.6 is 15.9 Å². The number of rotatable bonds is 2. The lowest BCUT2D eigenvalue weighted by Crippen LogP contribution is -2.18. The first-order chi connectivity index (χ1) is 7.16. The van der Waals surface area contributed by atoms with Crippen LogP contribution in [-0.4, -0.2) is 22.2 Å². The van der Waals surface area contributed by atoms with Gasteiger partial charge in [-0.1, -0.05) is 0 Å². The molecule has 0 saturated carbocycles. The Morgan fingerprint density at radius 2 is 2.33 bits per heavy atom. The van der Waals surface area contributed by atoms with E-state index in [4.69, 9.17) is 9.84 Å². The van der Waals surface area contributed by atoms with Crippen LogP contribution < -0.4 is 0 Å². The molecule has 15 heavy (non-hydrogen) atoms. The maximum absolute atomic E-state index is 10.7. The molecule has 0 bridgehead atoms. The zero-order chi connectivity index (χ0) is 10.8. The molecule has 2 atom stereocenters. The molecule has 80 valence electrons. The molecule has 1 aromatic rings. The fourth-order valence-corrected chi connectivity index (χ4v) is 1.85. The number of pyridine rings is 1. The summed E-state index contributed by atoms with van der Waals surface area (Å²) in [6, 6.07) is 3.72. The van der Waals surface area contributed by atoms with Crippen molar-refractivity contribution in [3.8, 4) is 0 Å². The third-order valence-electron chi connectivity index (χ3n) is 2.38. The van der Waals surface area contributed by atoms with Crippen molar-refractivity contribution in [1.29, 1.82) is 0 Å². The Hall–Kier alpha value is -0.940. The average molecular weight is 272 g/mol. The fourth-order valence-electron chi connectivity index (χ4n) is 1.61. The van der Waals surface area contributed by atoms with Crippen molar-refractivity contribution in [1.82, 2.24) is 4.98 Å². The van der Waals surface area contributed by atoms with Crippen LogP contribution in [0.4, 0.5) is 0 Å². The van der Waals surface area contributed by atoms with Crippen LogP contribution in [0.5, 0.6) is 0 Å². The molecule has 5 heteroatoms. The number of carbonyl (C=O) groups is 1. The van der Waals surface area contributed by atoms with Crippen LogP contribution in [0.25, 0.3) is 0 Å². The Morgan fingerprint density at radius 3 is 2.87 bits per heavy atom. The number of hydrogen-bond acceptors (Lipinski definition) is 3. The minimum Gasteiger partial charge on any atom is -0.479 e. The first kappa shape index (κ1) is 10.6. The Labute approximate surface area is 95.4 Å². The second-order valence-corrected chi connectivity index (χ2v) is 4.35. The van der Waals surface area contributed by atoms with Crippen molar-refractivity contribution < 1.29 is 14.6 Å². The van der Waals surface area contributed by atoms with Gasteiger partial charge in [-0.05, 0) is 40.9 Å². The summed E-state index contributed by atoms with van der Waals surface area (Å²) in [6.07, 6.45) is 2.09. The Kier molecular flexibility index (Phi) is 3.02. The molecule has 0 aromatic carbocycles. The maximum Gasteiger partial charge on any atom is 0.332 e. The van der Waals surface area contributed by atoms with Crippen molar-refractivity contribution in [2.45, 2.75) is 25.0 Å². The number of aromatic nitrogens is 1. The van der Waals surface area contributed by atoms with Crippen molar-refractivity contribution in [2.24, 2.45) is 0 Å². The molecule has 4 nitrogen and oxygen atoms in total. The van der Waals surface area contributed by atoms with Gasteiger partial charge in [0.05, 0.1) is 5.69 Å². The van der Waals surface area contributed by atoms with Crippen LogP contribution in [0.15, 0.2) is 22.8 Å². The quantitative estimate of drug-likeness (QED) is 0.896. The van der Waals surface area contributed by atoms with Gasteiger partial charge in [-0.2, -0.15) is 0 Å². The number of carboxylic acids is 1. The number of aliphatic carboxylic acids is 1. The molecule has 0 aliphatic carbocycles. The normalized spacial score (nSPS) is 25.4. The molecule has 2 heterocycles. The van der Waals surface area contributed by atoms with Gasteiger partial charge in [-0.25, -0.2) is 4.79 Å². The van der Waals surface area contributed by atoms with E-state index >= 15 is 0 Å². The summed E-state index contributed by atoms with van der Waals surface area (Å²) in [5, 5.41) is 8.77. The van der Waals surface area contributed by atoms with Gasteiger partial charge in [0.15, 0.2) is 6.10 Å². The van der Waals surface area contributed by atoms with Crippen LogP contribution in [-0.2, 0) is 9.53 Å². The largest absolute Gasteiger partial charge is 0.479 e. The summed E-state index contributed by atoms with van der Waals surface area (Å²) in [5.74, 6) is -0.894. The minimum atomic E-state index is -0.894. The maximum atomic E-state index is 10.7. The molecule has 1 aliphatic rings. The highest BCUT2D eigenvalue weighted by atomic mass is 79.9. The summed E-state index contributed by atoms with van der Waals surface area (Å²) in [7, 11) is 0. The highest BCUT2D eigenvalue weighted by Gasteiger charge is 2.31. The van der Waals surface area contributed by atoms with Gasteiger partial charge < -0.3 is 9.84 Å². The van der Waals surface area contributed by atoms with Crippen LogP contribution in [0.2, 0.25) is 0 Å². The van der Waals surface area contributed by atoms with Gasteiger partial charge in [-0.3, -0.25) is 4.98 Å². The predicted molar refractivity (Wildman–Crippen MR) is 56.4 cm³/mol. The van der Waals surface area contributed by atoms with Gasteiger partial charge in [0.25, 0.3) is 0 Å². The van der Waals surface area contributed by atoms with E-state index in [2.05, 4.69) is 20.9 Å². The van der Waals surface area contributed by atoms with E-state index < -0.39 is 12.1 Å². The topological polar surface area (TPSA) is 59.4 Å². The van der Waals surface area contributed by atoms with Crippen LogP contribution in [0.1, 0.15) is 24.6 Å². The zero-order valence-electron chi connectivity index (χ0n) is 7.89. The molecule has 0 spiro atoms. The Morgan fingerprint density at radius 1 is 1.53 bits per heavy atom. The van der Waals surface area contributed by atoms with Gasteiger partial charge in [0.1, 0.15) is 6.10 Å². The molecule has 2 unspecified atom stereocenters. The molecule has 1 aromatic heterocycles. The zero-order valence-corrected chi connectivity index (χ0v) is 9.48. The molecule has 0 amide bonds. The summed E-state index contributed by atoms with van der Waals surface area (Å²) < 4.78 is 6.27. The fraction of sp³-hybridized carbons (Fsp3) is 0.400. The molecule has 1 N–H and O–H groups in total. The van der Waals surface area contributed by atoms with Crippen molar-refractivity contribution >= 4 is 21.9 Å². The van der Waals surface area contributed by atoms with Crippen molar-refractivity contribution in [3.63, 3.8) is 0 Å².